The minimum atomic E-state index is -0.940. The highest BCUT2D eigenvalue weighted by atomic mass is 16.5. The fourth-order valence-corrected chi connectivity index (χ4v) is 4.27. The third kappa shape index (κ3) is 5.73. The van der Waals surface area contributed by atoms with Crippen LogP contribution in [0.15, 0.2) is 109 Å². The van der Waals surface area contributed by atoms with Crippen molar-refractivity contribution in [2.45, 2.75) is 0 Å². The normalized spacial score (nSPS) is 11.4. The summed E-state index contributed by atoms with van der Waals surface area (Å²) in [5.74, 6) is 0.700. The molecule has 5 rings (SSSR count). The van der Waals surface area contributed by atoms with Gasteiger partial charge >= 0.3 is 5.97 Å². The summed E-state index contributed by atoms with van der Waals surface area (Å²) in [6, 6.07) is 33.3. The molecule has 5 heteroatoms. The van der Waals surface area contributed by atoms with Crippen molar-refractivity contribution < 1.29 is 19.4 Å². The van der Waals surface area contributed by atoms with Gasteiger partial charge in [0, 0.05) is 17.6 Å². The van der Waals surface area contributed by atoms with Crippen molar-refractivity contribution in [3.63, 3.8) is 0 Å². The topological polar surface area (TPSA) is 67.8 Å². The molecule has 37 heavy (non-hydrogen) atoms. The number of nitrogens with one attached hydrogen (secondary N) is 1. The molecule has 0 aliphatic rings. The van der Waals surface area contributed by atoms with Crippen LogP contribution in [0.3, 0.4) is 0 Å². The van der Waals surface area contributed by atoms with E-state index in [-0.39, 0.29) is 5.56 Å². The van der Waals surface area contributed by atoms with E-state index in [2.05, 4.69) is 41.7 Å². The van der Waals surface area contributed by atoms with Gasteiger partial charge in [0.15, 0.2) is 0 Å². The molecule has 0 bridgehead atoms. The standard InChI is InChI=1S/C32H27NO4/c1-36-29-16-14-24-13-15-28(18-27(24)19-29)33-20-23(17-22-9-11-26(12-10-22)32(34)35)21-37-31-8-4-6-25-5-2-3-7-30(25)31/h2-19,33H,20-21H2,1H3,(H,34,35). The van der Waals surface area contributed by atoms with E-state index in [0.29, 0.717) is 13.2 Å². The summed E-state index contributed by atoms with van der Waals surface area (Å²) >= 11 is 0. The Kier molecular flexibility index (Phi) is 7.04. The lowest BCUT2D eigenvalue weighted by molar-refractivity contribution is 0.0697. The Labute approximate surface area is 215 Å². The maximum Gasteiger partial charge on any atom is 0.335 e. The van der Waals surface area contributed by atoms with E-state index in [9.17, 15) is 9.90 Å². The Morgan fingerprint density at radius 1 is 0.838 bits per heavy atom. The van der Waals surface area contributed by atoms with E-state index in [1.165, 1.54) is 0 Å². The Balaban J connectivity index is 1.39. The zero-order valence-corrected chi connectivity index (χ0v) is 20.5. The van der Waals surface area contributed by atoms with Crippen molar-refractivity contribution in [3.05, 3.63) is 120 Å². The number of anilines is 1. The van der Waals surface area contributed by atoms with Gasteiger partial charge in [-0.2, -0.15) is 0 Å². The fourth-order valence-electron chi connectivity index (χ4n) is 4.27. The average Bonchev–Trinajstić information content (AvgIpc) is 2.94. The minimum absolute atomic E-state index is 0.260. The van der Waals surface area contributed by atoms with E-state index in [0.717, 1.165) is 49.9 Å². The first-order chi connectivity index (χ1) is 18.1. The lowest BCUT2D eigenvalue weighted by Gasteiger charge is -2.14. The molecule has 0 aromatic heterocycles. The molecule has 0 unspecified atom stereocenters. The van der Waals surface area contributed by atoms with E-state index in [1.54, 1.807) is 19.2 Å². The maximum atomic E-state index is 11.2. The number of fused-ring (bicyclic) bond motifs is 2. The third-order valence-corrected chi connectivity index (χ3v) is 6.26. The molecule has 0 radical (unpaired) electrons. The van der Waals surface area contributed by atoms with Gasteiger partial charge in [0.05, 0.1) is 12.7 Å². The number of ether oxygens (including phenoxy) is 2. The number of hydrogen-bond acceptors (Lipinski definition) is 4. The molecule has 0 atom stereocenters. The monoisotopic (exact) mass is 489 g/mol. The highest BCUT2D eigenvalue weighted by molar-refractivity contribution is 5.89. The van der Waals surface area contributed by atoms with Crippen LogP contribution in [0.25, 0.3) is 27.6 Å². The Hall–Kier alpha value is -4.77. The molecule has 5 aromatic carbocycles. The van der Waals surface area contributed by atoms with Crippen molar-refractivity contribution >= 4 is 39.3 Å². The van der Waals surface area contributed by atoms with E-state index >= 15 is 0 Å². The molecule has 0 saturated heterocycles. The lowest BCUT2D eigenvalue weighted by atomic mass is 10.1. The molecular formula is C32H27NO4. The minimum Gasteiger partial charge on any atom is -0.497 e. The summed E-state index contributed by atoms with van der Waals surface area (Å²) in [5.41, 5.74) is 3.17. The number of benzene rings is 5. The van der Waals surface area contributed by atoms with Gasteiger partial charge < -0.3 is 19.9 Å². The number of aromatic carboxylic acids is 1. The van der Waals surface area contributed by atoms with Crippen LogP contribution in [0.4, 0.5) is 5.69 Å². The van der Waals surface area contributed by atoms with Crippen LogP contribution < -0.4 is 14.8 Å². The van der Waals surface area contributed by atoms with Gasteiger partial charge in [-0.3, -0.25) is 0 Å². The second kappa shape index (κ2) is 10.9. The molecule has 0 spiro atoms. The van der Waals surface area contributed by atoms with Crippen molar-refractivity contribution in [1.29, 1.82) is 0 Å². The highest BCUT2D eigenvalue weighted by Crippen LogP contribution is 2.27. The van der Waals surface area contributed by atoms with Gasteiger partial charge in [-0.15, -0.1) is 0 Å². The first-order valence-corrected chi connectivity index (χ1v) is 12.0. The van der Waals surface area contributed by atoms with E-state index < -0.39 is 5.97 Å². The first kappa shape index (κ1) is 23.9. The molecule has 0 amide bonds. The van der Waals surface area contributed by atoms with Crippen LogP contribution in [-0.4, -0.2) is 31.3 Å². The summed E-state index contributed by atoms with van der Waals surface area (Å²) in [5, 5.41) is 17.1. The number of rotatable bonds is 9. The van der Waals surface area contributed by atoms with Crippen LogP contribution in [-0.2, 0) is 0 Å². The zero-order chi connectivity index (χ0) is 25.6. The van der Waals surface area contributed by atoms with Gasteiger partial charge in [-0.25, -0.2) is 4.79 Å². The predicted octanol–water partition coefficient (Wildman–Crippen LogP) is 7.27. The number of methoxy groups -OCH3 is 1. The molecule has 2 N–H and O–H groups in total. The number of hydrogen-bond donors (Lipinski definition) is 2. The van der Waals surface area contributed by atoms with Crippen molar-refractivity contribution in [2.75, 3.05) is 25.6 Å². The highest BCUT2D eigenvalue weighted by Gasteiger charge is 2.07. The van der Waals surface area contributed by atoms with Crippen molar-refractivity contribution in [2.24, 2.45) is 0 Å². The van der Waals surface area contributed by atoms with Crippen LogP contribution >= 0.6 is 0 Å². The maximum absolute atomic E-state index is 11.2. The molecule has 184 valence electrons. The van der Waals surface area contributed by atoms with Crippen LogP contribution in [0, 0.1) is 0 Å². The third-order valence-electron chi connectivity index (χ3n) is 6.26. The van der Waals surface area contributed by atoms with Crippen molar-refractivity contribution in [1.82, 2.24) is 0 Å². The Bertz CT molecular complexity index is 1580. The predicted molar refractivity (Wildman–Crippen MR) is 150 cm³/mol. The van der Waals surface area contributed by atoms with Gasteiger partial charge in [0.2, 0.25) is 0 Å². The van der Waals surface area contributed by atoms with Crippen LogP contribution in [0.2, 0.25) is 0 Å². The Morgan fingerprint density at radius 3 is 2.43 bits per heavy atom. The van der Waals surface area contributed by atoms with Crippen LogP contribution in [0.1, 0.15) is 15.9 Å². The molecule has 0 aliphatic heterocycles. The number of carbonyl (C=O) groups is 1. The van der Waals surface area contributed by atoms with Gasteiger partial charge in [-0.1, -0.05) is 66.7 Å². The Morgan fingerprint density at radius 2 is 1.62 bits per heavy atom. The van der Waals surface area contributed by atoms with Crippen molar-refractivity contribution in [3.8, 4) is 11.5 Å². The van der Waals surface area contributed by atoms with Crippen LogP contribution in [0.5, 0.6) is 11.5 Å². The molecule has 0 heterocycles. The summed E-state index contributed by atoms with van der Waals surface area (Å²) in [6.45, 7) is 0.935. The zero-order valence-electron chi connectivity index (χ0n) is 20.5. The fraction of sp³-hybridized carbons (Fsp3) is 0.0938. The number of carboxylic acid groups (broad SMARTS) is 1. The first-order valence-electron chi connectivity index (χ1n) is 12.0. The second-order valence-corrected chi connectivity index (χ2v) is 8.78. The average molecular weight is 490 g/mol. The molecule has 0 saturated carbocycles. The summed E-state index contributed by atoms with van der Waals surface area (Å²) in [6.07, 6.45) is 2.04. The summed E-state index contributed by atoms with van der Waals surface area (Å²) in [7, 11) is 1.67. The van der Waals surface area contributed by atoms with E-state index in [1.807, 2.05) is 60.7 Å². The molecule has 5 nitrogen and oxygen atoms in total. The molecule has 5 aromatic rings. The van der Waals surface area contributed by atoms with Gasteiger partial charge in [0.1, 0.15) is 18.1 Å². The largest absolute Gasteiger partial charge is 0.497 e. The summed E-state index contributed by atoms with van der Waals surface area (Å²) in [4.78, 5) is 11.2. The quantitative estimate of drug-likeness (QED) is 0.228. The molecular weight excluding hydrogens is 462 g/mol. The number of carboxylic acids is 1. The SMILES string of the molecule is COc1ccc2ccc(NCC(=Cc3ccc(C(=O)O)cc3)COc3cccc4ccccc34)cc2c1. The molecule has 0 fully saturated rings. The van der Waals surface area contributed by atoms with Gasteiger partial charge in [-0.05, 0) is 69.8 Å². The van der Waals surface area contributed by atoms with Gasteiger partial charge in [0.25, 0.3) is 0 Å². The molecule has 0 aliphatic carbocycles. The summed E-state index contributed by atoms with van der Waals surface area (Å²) < 4.78 is 11.7. The lowest BCUT2D eigenvalue weighted by Crippen LogP contribution is -2.12. The second-order valence-electron chi connectivity index (χ2n) is 8.78. The van der Waals surface area contributed by atoms with E-state index in [4.69, 9.17) is 9.47 Å². The smallest absolute Gasteiger partial charge is 0.335 e.